The maximum Gasteiger partial charge on any atom is 0.303 e. The van der Waals surface area contributed by atoms with Crippen molar-refractivity contribution in [2.45, 2.75) is 54.5 Å². The van der Waals surface area contributed by atoms with Gasteiger partial charge in [0, 0.05) is 23.4 Å². The molecule has 0 aromatic carbocycles. The molecular weight excluding hydrogens is 331 g/mol. The average molecular weight is 350 g/mol. The third-order valence-electron chi connectivity index (χ3n) is 4.76. The number of esters is 1. The zero-order valence-electron chi connectivity index (χ0n) is 10.2. The molecular formula is C13H19IO3. The summed E-state index contributed by atoms with van der Waals surface area (Å²) in [4.78, 5) is 11.3. The fourth-order valence-corrected chi connectivity index (χ4v) is 7.15. The lowest BCUT2D eigenvalue weighted by Crippen LogP contribution is -2.63. The summed E-state index contributed by atoms with van der Waals surface area (Å²) in [6.45, 7) is 1.75. The largest absolute Gasteiger partial charge is 0.459 e. The van der Waals surface area contributed by atoms with Crippen LogP contribution in [0.5, 0.6) is 0 Å². The van der Waals surface area contributed by atoms with Gasteiger partial charge in [-0.15, -0.1) is 0 Å². The topological polar surface area (TPSA) is 46.5 Å². The number of carbonyl (C=O) groups is 1. The number of rotatable bonds is 2. The molecule has 4 saturated carbocycles. The van der Waals surface area contributed by atoms with Gasteiger partial charge in [-0.2, -0.15) is 0 Å². The molecule has 0 aliphatic heterocycles. The number of aliphatic hydroxyl groups is 1. The van der Waals surface area contributed by atoms with Crippen LogP contribution >= 0.6 is 22.6 Å². The van der Waals surface area contributed by atoms with Crippen molar-refractivity contribution in [3.63, 3.8) is 0 Å². The van der Waals surface area contributed by atoms with Crippen LogP contribution in [0, 0.1) is 11.3 Å². The molecule has 4 aliphatic carbocycles. The normalized spacial score (nSPS) is 51.6. The van der Waals surface area contributed by atoms with Crippen molar-refractivity contribution in [1.82, 2.24) is 0 Å². The Balaban J connectivity index is 1.95. The van der Waals surface area contributed by atoms with Crippen LogP contribution in [-0.2, 0) is 9.53 Å². The third kappa shape index (κ3) is 1.91. The number of ether oxygens (including phenoxy) is 1. The highest BCUT2D eigenvalue weighted by Crippen LogP contribution is 2.66. The van der Waals surface area contributed by atoms with Crippen molar-refractivity contribution < 1.29 is 14.6 Å². The van der Waals surface area contributed by atoms with Crippen molar-refractivity contribution in [1.29, 1.82) is 0 Å². The van der Waals surface area contributed by atoms with Crippen LogP contribution < -0.4 is 0 Å². The Morgan fingerprint density at radius 3 is 2.71 bits per heavy atom. The van der Waals surface area contributed by atoms with E-state index >= 15 is 0 Å². The van der Waals surface area contributed by atoms with Gasteiger partial charge >= 0.3 is 5.97 Å². The van der Waals surface area contributed by atoms with E-state index in [1.165, 1.54) is 13.3 Å². The van der Waals surface area contributed by atoms with Crippen molar-refractivity contribution >= 4 is 28.6 Å². The monoisotopic (exact) mass is 350 g/mol. The number of alkyl halides is 1. The van der Waals surface area contributed by atoms with Crippen LogP contribution in [0.2, 0.25) is 0 Å². The number of carbonyl (C=O) groups excluding carboxylic acids is 1. The standard InChI is InChI=1S/C13H19IO3/c1-9(16)17-13-4-10-2-11(6-13,8-15)5-12(14,3-10)7-13/h10,15H,2-8H2,1H3. The molecule has 17 heavy (non-hydrogen) atoms. The van der Waals surface area contributed by atoms with Crippen LogP contribution in [0.4, 0.5) is 0 Å². The minimum atomic E-state index is -0.269. The quantitative estimate of drug-likeness (QED) is 0.473. The summed E-state index contributed by atoms with van der Waals surface area (Å²) in [6, 6.07) is 0. The van der Waals surface area contributed by atoms with E-state index in [2.05, 4.69) is 22.6 Å². The van der Waals surface area contributed by atoms with E-state index in [9.17, 15) is 9.90 Å². The van der Waals surface area contributed by atoms with Gasteiger partial charge in [-0.1, -0.05) is 22.6 Å². The molecule has 0 amide bonds. The molecule has 4 rings (SSSR count). The summed E-state index contributed by atoms with van der Waals surface area (Å²) in [5.41, 5.74) is -0.245. The maximum atomic E-state index is 11.3. The predicted molar refractivity (Wildman–Crippen MR) is 72.0 cm³/mol. The van der Waals surface area contributed by atoms with Crippen molar-refractivity contribution in [2.24, 2.45) is 11.3 Å². The van der Waals surface area contributed by atoms with Gasteiger partial charge in [0.2, 0.25) is 0 Å². The average Bonchev–Trinajstić information content (AvgIpc) is 2.11. The summed E-state index contributed by atoms with van der Waals surface area (Å²) in [7, 11) is 0. The number of hydrogen-bond acceptors (Lipinski definition) is 3. The molecule has 0 radical (unpaired) electrons. The Hall–Kier alpha value is 0.160. The highest BCUT2D eigenvalue weighted by Gasteiger charge is 2.63. The molecule has 0 spiro atoms. The Morgan fingerprint density at radius 2 is 2.12 bits per heavy atom. The van der Waals surface area contributed by atoms with E-state index in [4.69, 9.17) is 4.74 Å². The lowest BCUT2D eigenvalue weighted by atomic mass is 9.48. The molecule has 3 nitrogen and oxygen atoms in total. The van der Waals surface area contributed by atoms with Crippen LogP contribution in [0.15, 0.2) is 0 Å². The van der Waals surface area contributed by atoms with E-state index in [1.807, 2.05) is 0 Å². The van der Waals surface area contributed by atoms with E-state index in [0.717, 1.165) is 32.1 Å². The molecule has 4 atom stereocenters. The lowest BCUT2D eigenvalue weighted by molar-refractivity contribution is -0.198. The Morgan fingerprint density at radius 1 is 1.35 bits per heavy atom. The summed E-state index contributed by atoms with van der Waals surface area (Å²) in [5.74, 6) is 0.467. The zero-order chi connectivity index (χ0) is 12.3. The first-order valence-corrected chi connectivity index (χ1v) is 7.46. The van der Waals surface area contributed by atoms with E-state index in [0.29, 0.717) is 5.92 Å². The van der Waals surface area contributed by atoms with Gasteiger partial charge in [0.15, 0.2) is 0 Å². The maximum absolute atomic E-state index is 11.3. The van der Waals surface area contributed by atoms with Crippen molar-refractivity contribution in [3.8, 4) is 0 Å². The van der Waals surface area contributed by atoms with Gasteiger partial charge < -0.3 is 9.84 Å². The molecule has 0 aromatic heterocycles. The van der Waals surface area contributed by atoms with Crippen molar-refractivity contribution in [2.75, 3.05) is 6.61 Å². The van der Waals surface area contributed by atoms with Gasteiger partial charge in [0.1, 0.15) is 5.60 Å². The number of aliphatic hydroxyl groups excluding tert-OH is 1. The molecule has 0 heterocycles. The fourth-order valence-electron chi connectivity index (χ4n) is 5.02. The van der Waals surface area contributed by atoms with Gasteiger partial charge in [0.25, 0.3) is 0 Å². The Bertz CT molecular complexity index is 372. The second-order valence-electron chi connectivity index (χ2n) is 6.59. The predicted octanol–water partition coefficient (Wildman–Crippen LogP) is 2.44. The summed E-state index contributed by atoms with van der Waals surface area (Å²) < 4.78 is 5.93. The smallest absolute Gasteiger partial charge is 0.303 e. The first-order chi connectivity index (χ1) is 7.88. The molecule has 96 valence electrons. The molecule has 4 fully saturated rings. The molecule has 0 aromatic rings. The minimum Gasteiger partial charge on any atom is -0.459 e. The first kappa shape index (κ1) is 12.2. The Labute approximate surface area is 115 Å². The molecule has 4 unspecified atom stereocenters. The van der Waals surface area contributed by atoms with Crippen molar-refractivity contribution in [3.05, 3.63) is 0 Å². The van der Waals surface area contributed by atoms with Crippen LogP contribution in [-0.4, -0.2) is 26.7 Å². The number of halogens is 1. The van der Waals surface area contributed by atoms with Crippen LogP contribution in [0.3, 0.4) is 0 Å². The summed E-state index contributed by atoms with van der Waals surface area (Å²) >= 11 is 2.55. The van der Waals surface area contributed by atoms with E-state index in [-0.39, 0.29) is 27.0 Å². The third-order valence-corrected chi connectivity index (χ3v) is 5.96. The molecule has 4 aliphatic rings. The highest BCUT2D eigenvalue weighted by molar-refractivity contribution is 14.1. The molecule has 0 saturated heterocycles. The van der Waals surface area contributed by atoms with Gasteiger partial charge in [-0.05, 0) is 43.4 Å². The van der Waals surface area contributed by atoms with Gasteiger partial charge in [-0.3, -0.25) is 4.79 Å². The molecule has 4 bridgehead atoms. The first-order valence-electron chi connectivity index (χ1n) is 6.38. The number of hydrogen-bond donors (Lipinski definition) is 1. The summed E-state index contributed by atoms with van der Waals surface area (Å²) in [6.07, 6.45) is 6.32. The molecule has 4 heteroatoms. The lowest BCUT2D eigenvalue weighted by Gasteiger charge is -2.63. The van der Waals surface area contributed by atoms with Crippen LogP contribution in [0.25, 0.3) is 0 Å². The van der Waals surface area contributed by atoms with E-state index in [1.54, 1.807) is 0 Å². The zero-order valence-corrected chi connectivity index (χ0v) is 12.3. The Kier molecular flexibility index (Phi) is 2.58. The molecule has 1 N–H and O–H groups in total. The fraction of sp³-hybridized carbons (Fsp3) is 0.923. The second kappa shape index (κ2) is 3.59. The summed E-state index contributed by atoms with van der Waals surface area (Å²) in [5, 5.41) is 9.75. The van der Waals surface area contributed by atoms with Gasteiger partial charge in [0.05, 0.1) is 0 Å². The van der Waals surface area contributed by atoms with Crippen LogP contribution in [0.1, 0.15) is 45.4 Å². The highest BCUT2D eigenvalue weighted by atomic mass is 127. The van der Waals surface area contributed by atoms with Gasteiger partial charge in [-0.25, -0.2) is 0 Å². The SMILES string of the molecule is CC(=O)OC12CC3CC(I)(CC(CO)(C3)C1)C2. The minimum absolute atomic E-state index is 0.0239. The van der Waals surface area contributed by atoms with E-state index < -0.39 is 0 Å². The second-order valence-corrected chi connectivity index (χ2v) is 8.88.